The Morgan fingerprint density at radius 3 is 2.60 bits per heavy atom. The second kappa shape index (κ2) is 5.71. The van der Waals surface area contributed by atoms with Crippen LogP contribution in [0.15, 0.2) is 36.5 Å². The molecule has 0 fully saturated rings. The Kier molecular flexibility index (Phi) is 4.18. The number of rotatable bonds is 3. The summed E-state index contributed by atoms with van der Waals surface area (Å²) in [6.07, 6.45) is -3.76. The highest BCUT2D eigenvalue weighted by molar-refractivity contribution is 6.31. The monoisotopic (exact) mass is 301 g/mol. The van der Waals surface area contributed by atoms with Crippen molar-refractivity contribution in [2.45, 2.75) is 19.7 Å². The second-order valence-corrected chi connectivity index (χ2v) is 4.69. The van der Waals surface area contributed by atoms with Crippen LogP contribution in [0.4, 0.5) is 13.2 Å². The molecule has 2 nitrogen and oxygen atoms in total. The van der Waals surface area contributed by atoms with E-state index in [9.17, 15) is 13.2 Å². The Morgan fingerprint density at radius 1 is 1.25 bits per heavy atom. The summed E-state index contributed by atoms with van der Waals surface area (Å²) in [5, 5.41) is -0.160. The number of pyridine rings is 1. The van der Waals surface area contributed by atoms with Crippen LogP contribution in [0.3, 0.4) is 0 Å². The van der Waals surface area contributed by atoms with Gasteiger partial charge in [-0.15, -0.1) is 0 Å². The van der Waals surface area contributed by atoms with Crippen LogP contribution >= 0.6 is 11.6 Å². The number of hydrogen-bond donors (Lipinski definition) is 0. The SMILES string of the molecule is Cc1cccc(COc2ncc(C(F)(F)F)cc2Cl)c1. The van der Waals surface area contributed by atoms with E-state index in [1.807, 2.05) is 31.2 Å². The van der Waals surface area contributed by atoms with Gasteiger partial charge in [-0.3, -0.25) is 0 Å². The minimum absolute atomic E-state index is 0.0128. The van der Waals surface area contributed by atoms with Crippen molar-refractivity contribution in [3.05, 3.63) is 58.2 Å². The summed E-state index contributed by atoms with van der Waals surface area (Å²) >= 11 is 5.75. The molecular formula is C14H11ClF3NO. The summed E-state index contributed by atoms with van der Waals surface area (Å²) < 4.78 is 42.7. The first-order chi connectivity index (χ1) is 9.36. The lowest BCUT2D eigenvalue weighted by atomic mass is 10.1. The van der Waals surface area contributed by atoms with E-state index in [2.05, 4.69) is 4.98 Å². The second-order valence-electron chi connectivity index (χ2n) is 4.29. The van der Waals surface area contributed by atoms with E-state index in [4.69, 9.17) is 16.3 Å². The zero-order valence-corrected chi connectivity index (χ0v) is 11.3. The molecule has 2 aromatic rings. The topological polar surface area (TPSA) is 22.1 Å². The van der Waals surface area contributed by atoms with Gasteiger partial charge in [0.15, 0.2) is 0 Å². The van der Waals surface area contributed by atoms with Crippen molar-refractivity contribution in [3.63, 3.8) is 0 Å². The molecule has 0 amide bonds. The van der Waals surface area contributed by atoms with Crippen LogP contribution in [0.5, 0.6) is 5.88 Å². The van der Waals surface area contributed by atoms with E-state index >= 15 is 0 Å². The molecule has 1 aromatic carbocycles. The molecular weight excluding hydrogens is 291 g/mol. The van der Waals surface area contributed by atoms with Crippen molar-refractivity contribution in [2.75, 3.05) is 0 Å². The molecule has 106 valence electrons. The fourth-order valence-corrected chi connectivity index (χ4v) is 1.86. The smallest absolute Gasteiger partial charge is 0.417 e. The summed E-state index contributed by atoms with van der Waals surface area (Å²) in [7, 11) is 0. The predicted octanol–water partition coefficient (Wildman–Crippen LogP) is 4.64. The van der Waals surface area contributed by atoms with Gasteiger partial charge in [-0.05, 0) is 18.6 Å². The van der Waals surface area contributed by atoms with E-state index in [1.165, 1.54) is 0 Å². The van der Waals surface area contributed by atoms with Gasteiger partial charge in [0, 0.05) is 6.20 Å². The van der Waals surface area contributed by atoms with Crippen LogP contribution in [0, 0.1) is 6.92 Å². The van der Waals surface area contributed by atoms with E-state index in [0.29, 0.717) is 6.20 Å². The molecule has 0 saturated carbocycles. The van der Waals surface area contributed by atoms with Gasteiger partial charge in [-0.25, -0.2) is 4.98 Å². The molecule has 0 N–H and O–H groups in total. The van der Waals surface area contributed by atoms with Crippen molar-refractivity contribution in [2.24, 2.45) is 0 Å². The lowest BCUT2D eigenvalue weighted by molar-refractivity contribution is -0.137. The average Bonchev–Trinajstić information content (AvgIpc) is 2.36. The number of benzene rings is 1. The fraction of sp³-hybridized carbons (Fsp3) is 0.214. The Morgan fingerprint density at radius 2 is 2.00 bits per heavy atom. The van der Waals surface area contributed by atoms with Crippen LogP contribution in [0.1, 0.15) is 16.7 Å². The van der Waals surface area contributed by atoms with Crippen LogP contribution in [0.25, 0.3) is 0 Å². The number of halogens is 4. The summed E-state index contributed by atoms with van der Waals surface area (Å²) in [6, 6.07) is 8.38. The Hall–Kier alpha value is -1.75. The molecule has 0 spiro atoms. The minimum Gasteiger partial charge on any atom is -0.472 e. The number of aromatic nitrogens is 1. The molecule has 0 aliphatic carbocycles. The van der Waals surface area contributed by atoms with Crippen LogP contribution < -0.4 is 4.74 Å². The zero-order chi connectivity index (χ0) is 14.8. The molecule has 1 aromatic heterocycles. The first kappa shape index (κ1) is 14.7. The van der Waals surface area contributed by atoms with Gasteiger partial charge >= 0.3 is 6.18 Å². The van der Waals surface area contributed by atoms with Gasteiger partial charge in [-0.2, -0.15) is 13.2 Å². The van der Waals surface area contributed by atoms with Crippen molar-refractivity contribution in [1.29, 1.82) is 0 Å². The number of alkyl halides is 3. The van der Waals surface area contributed by atoms with Crippen LogP contribution in [-0.2, 0) is 12.8 Å². The molecule has 0 bridgehead atoms. The molecule has 2 rings (SSSR count). The summed E-state index contributed by atoms with van der Waals surface area (Å²) in [5.74, 6) is -0.0128. The van der Waals surface area contributed by atoms with E-state index in [1.54, 1.807) is 0 Å². The average molecular weight is 302 g/mol. The molecule has 20 heavy (non-hydrogen) atoms. The maximum atomic E-state index is 12.5. The highest BCUT2D eigenvalue weighted by Crippen LogP contribution is 2.33. The molecule has 0 aliphatic heterocycles. The summed E-state index contributed by atoms with van der Waals surface area (Å²) in [6.45, 7) is 2.13. The maximum Gasteiger partial charge on any atom is 0.417 e. The lowest BCUT2D eigenvalue weighted by Crippen LogP contribution is -2.06. The third-order valence-electron chi connectivity index (χ3n) is 2.59. The molecule has 0 atom stereocenters. The summed E-state index contributed by atoms with van der Waals surface area (Å²) in [4.78, 5) is 3.61. The molecule has 0 saturated heterocycles. The van der Waals surface area contributed by atoms with Gasteiger partial charge in [0.1, 0.15) is 11.6 Å². The van der Waals surface area contributed by atoms with Crippen molar-refractivity contribution in [1.82, 2.24) is 4.98 Å². The van der Waals surface area contributed by atoms with Gasteiger partial charge in [-0.1, -0.05) is 41.4 Å². The Labute approximate surface area is 119 Å². The fourth-order valence-electron chi connectivity index (χ4n) is 1.64. The first-order valence-corrected chi connectivity index (χ1v) is 6.15. The van der Waals surface area contributed by atoms with E-state index < -0.39 is 11.7 Å². The number of ether oxygens (including phenoxy) is 1. The zero-order valence-electron chi connectivity index (χ0n) is 10.5. The standard InChI is InChI=1S/C14H11ClF3NO/c1-9-3-2-4-10(5-9)8-20-13-12(15)6-11(7-19-13)14(16,17)18/h2-7H,8H2,1H3. The van der Waals surface area contributed by atoms with Gasteiger partial charge < -0.3 is 4.74 Å². The van der Waals surface area contributed by atoms with Crippen molar-refractivity contribution in [3.8, 4) is 5.88 Å². The van der Waals surface area contributed by atoms with Crippen LogP contribution in [-0.4, -0.2) is 4.98 Å². The third-order valence-corrected chi connectivity index (χ3v) is 2.86. The normalized spacial score (nSPS) is 11.4. The van der Waals surface area contributed by atoms with Gasteiger partial charge in [0.2, 0.25) is 5.88 Å². The molecule has 0 radical (unpaired) electrons. The molecule has 0 aliphatic rings. The third kappa shape index (κ3) is 3.63. The van der Waals surface area contributed by atoms with Gasteiger partial charge in [0.05, 0.1) is 5.56 Å². The quantitative estimate of drug-likeness (QED) is 0.824. The Balaban J connectivity index is 2.11. The lowest BCUT2D eigenvalue weighted by Gasteiger charge is -2.10. The Bertz CT molecular complexity index is 614. The number of nitrogens with zero attached hydrogens (tertiary/aromatic N) is 1. The number of aryl methyl sites for hydroxylation is 1. The summed E-state index contributed by atoms with van der Waals surface area (Å²) in [5.41, 5.74) is 1.06. The number of hydrogen-bond acceptors (Lipinski definition) is 2. The van der Waals surface area contributed by atoms with Gasteiger partial charge in [0.25, 0.3) is 0 Å². The van der Waals surface area contributed by atoms with Crippen LogP contribution in [0.2, 0.25) is 5.02 Å². The largest absolute Gasteiger partial charge is 0.472 e. The van der Waals surface area contributed by atoms with E-state index in [-0.39, 0.29) is 17.5 Å². The predicted molar refractivity (Wildman–Crippen MR) is 69.8 cm³/mol. The molecule has 6 heteroatoms. The molecule has 1 heterocycles. The first-order valence-electron chi connectivity index (χ1n) is 5.77. The van der Waals surface area contributed by atoms with E-state index in [0.717, 1.165) is 17.2 Å². The van der Waals surface area contributed by atoms with Crippen molar-refractivity contribution < 1.29 is 17.9 Å². The highest BCUT2D eigenvalue weighted by atomic mass is 35.5. The minimum atomic E-state index is -4.47. The highest BCUT2D eigenvalue weighted by Gasteiger charge is 2.31. The molecule has 0 unspecified atom stereocenters. The maximum absolute atomic E-state index is 12.5. The van der Waals surface area contributed by atoms with Crippen molar-refractivity contribution >= 4 is 11.6 Å².